The van der Waals surface area contributed by atoms with Gasteiger partial charge in [-0.25, -0.2) is 0 Å². The Hall–Kier alpha value is -1.39. The number of aryl methyl sites for hydroxylation is 1. The van der Waals surface area contributed by atoms with Crippen molar-refractivity contribution in [1.82, 2.24) is 20.4 Å². The third kappa shape index (κ3) is 9.23. The van der Waals surface area contributed by atoms with Crippen molar-refractivity contribution in [2.45, 2.75) is 52.1 Å². The van der Waals surface area contributed by atoms with Gasteiger partial charge in [0.25, 0.3) is 0 Å². The molecule has 1 aromatic carbocycles. The Labute approximate surface area is 210 Å². The van der Waals surface area contributed by atoms with Gasteiger partial charge in [-0.1, -0.05) is 29.8 Å². The Bertz CT molecular complexity index is 710. The van der Waals surface area contributed by atoms with E-state index in [2.05, 4.69) is 58.5 Å². The van der Waals surface area contributed by atoms with Gasteiger partial charge >= 0.3 is 0 Å². The maximum absolute atomic E-state index is 11.1. The van der Waals surface area contributed by atoms with E-state index in [0.29, 0.717) is 18.5 Å². The molecule has 2 aliphatic heterocycles. The van der Waals surface area contributed by atoms with Crippen LogP contribution in [-0.2, 0) is 11.3 Å². The maximum Gasteiger partial charge on any atom is 0.231 e. The number of amides is 1. The number of rotatable bonds is 8. The minimum absolute atomic E-state index is 0. The van der Waals surface area contributed by atoms with Gasteiger partial charge in [0.05, 0.1) is 6.54 Å². The molecule has 0 unspecified atom stereocenters. The summed E-state index contributed by atoms with van der Waals surface area (Å²) in [5.74, 6) is 1.34. The van der Waals surface area contributed by atoms with Crippen molar-refractivity contribution in [2.75, 3.05) is 45.8 Å². The van der Waals surface area contributed by atoms with E-state index in [9.17, 15) is 4.79 Å². The minimum Gasteiger partial charge on any atom is -0.369 e. The van der Waals surface area contributed by atoms with E-state index in [1.54, 1.807) is 0 Å². The molecule has 180 valence electrons. The second kappa shape index (κ2) is 14.0. The van der Waals surface area contributed by atoms with Gasteiger partial charge in [-0.05, 0) is 64.1 Å². The lowest BCUT2D eigenvalue weighted by atomic mass is 9.96. The Morgan fingerprint density at radius 2 is 1.69 bits per heavy atom. The van der Waals surface area contributed by atoms with Crippen molar-refractivity contribution in [3.8, 4) is 0 Å². The van der Waals surface area contributed by atoms with Crippen molar-refractivity contribution in [3.05, 3.63) is 35.4 Å². The van der Waals surface area contributed by atoms with Gasteiger partial charge in [0.15, 0.2) is 5.96 Å². The number of nitrogens with one attached hydrogen (secondary N) is 2. The second-order valence-corrected chi connectivity index (χ2v) is 9.09. The minimum atomic E-state index is -0.244. The first kappa shape index (κ1) is 26.9. The molecule has 0 spiro atoms. The molecule has 2 heterocycles. The van der Waals surface area contributed by atoms with Gasteiger partial charge in [0.1, 0.15) is 0 Å². The smallest absolute Gasteiger partial charge is 0.231 e. The molecule has 2 saturated heterocycles. The Kier molecular flexibility index (Phi) is 11.7. The van der Waals surface area contributed by atoms with E-state index in [4.69, 9.17) is 10.7 Å². The predicted octanol–water partition coefficient (Wildman–Crippen LogP) is 2.33. The second-order valence-electron chi connectivity index (χ2n) is 9.09. The van der Waals surface area contributed by atoms with E-state index in [0.717, 1.165) is 64.6 Å². The molecular formula is C24H41IN6O. The van der Waals surface area contributed by atoms with E-state index in [1.807, 2.05) is 0 Å². The Morgan fingerprint density at radius 1 is 1.06 bits per heavy atom. The zero-order valence-corrected chi connectivity index (χ0v) is 22.0. The largest absolute Gasteiger partial charge is 0.369 e. The summed E-state index contributed by atoms with van der Waals surface area (Å²) >= 11 is 0. The zero-order valence-electron chi connectivity index (χ0n) is 19.7. The lowest BCUT2D eigenvalue weighted by Crippen LogP contribution is -2.50. The number of aliphatic imine (C=N–C) groups is 1. The van der Waals surface area contributed by atoms with Crippen LogP contribution in [0.4, 0.5) is 0 Å². The van der Waals surface area contributed by atoms with Crippen LogP contribution in [0.25, 0.3) is 0 Å². The summed E-state index contributed by atoms with van der Waals surface area (Å²) in [7, 11) is 0. The van der Waals surface area contributed by atoms with Crippen LogP contribution in [0.3, 0.4) is 0 Å². The van der Waals surface area contributed by atoms with Crippen LogP contribution in [0.15, 0.2) is 29.3 Å². The summed E-state index contributed by atoms with van der Waals surface area (Å²) in [5, 5.41) is 7.00. The van der Waals surface area contributed by atoms with E-state index >= 15 is 0 Å². The molecule has 32 heavy (non-hydrogen) atoms. The Morgan fingerprint density at radius 3 is 2.28 bits per heavy atom. The molecule has 4 N–H and O–H groups in total. The lowest BCUT2D eigenvalue weighted by molar-refractivity contribution is -0.119. The molecule has 2 fully saturated rings. The molecule has 0 aromatic heterocycles. The molecule has 0 saturated carbocycles. The molecule has 8 heteroatoms. The van der Waals surface area contributed by atoms with Crippen molar-refractivity contribution in [1.29, 1.82) is 0 Å². The first-order valence-electron chi connectivity index (χ1n) is 11.8. The molecule has 0 atom stereocenters. The van der Waals surface area contributed by atoms with Crippen molar-refractivity contribution in [3.63, 3.8) is 0 Å². The number of hydrogen-bond acceptors (Lipinski definition) is 4. The SMILES string of the molecule is CCNC(=NCC1CCN(Cc2ccc(C)cc2)CC1)NC1CCN(CC(N)=O)CC1.I. The fourth-order valence-electron chi connectivity index (χ4n) is 4.47. The molecule has 1 aromatic rings. The molecule has 1 amide bonds. The van der Waals surface area contributed by atoms with E-state index < -0.39 is 0 Å². The number of hydrogen-bond donors (Lipinski definition) is 3. The van der Waals surface area contributed by atoms with Gasteiger partial charge in [-0.15, -0.1) is 24.0 Å². The van der Waals surface area contributed by atoms with E-state index in [1.165, 1.54) is 24.0 Å². The third-order valence-electron chi connectivity index (χ3n) is 6.39. The van der Waals surface area contributed by atoms with Crippen LogP contribution in [0.5, 0.6) is 0 Å². The van der Waals surface area contributed by atoms with Gasteiger partial charge in [0.2, 0.25) is 5.91 Å². The van der Waals surface area contributed by atoms with Crippen LogP contribution >= 0.6 is 24.0 Å². The van der Waals surface area contributed by atoms with Crippen molar-refractivity contribution < 1.29 is 4.79 Å². The Balaban J connectivity index is 0.00000363. The number of nitrogens with two attached hydrogens (primary N) is 1. The first-order valence-corrected chi connectivity index (χ1v) is 11.8. The summed E-state index contributed by atoms with van der Waals surface area (Å²) in [5.41, 5.74) is 8.04. The van der Waals surface area contributed by atoms with Gasteiger partial charge in [-0.2, -0.15) is 0 Å². The van der Waals surface area contributed by atoms with Gasteiger partial charge in [0, 0.05) is 38.8 Å². The number of guanidine groups is 1. The van der Waals surface area contributed by atoms with Crippen molar-refractivity contribution in [2.24, 2.45) is 16.6 Å². The van der Waals surface area contributed by atoms with Gasteiger partial charge in [-0.3, -0.25) is 19.6 Å². The molecular weight excluding hydrogens is 515 g/mol. The topological polar surface area (TPSA) is 86.0 Å². The zero-order chi connectivity index (χ0) is 22.1. The maximum atomic E-state index is 11.1. The fraction of sp³-hybridized carbons (Fsp3) is 0.667. The molecule has 3 rings (SSSR count). The van der Waals surface area contributed by atoms with Crippen molar-refractivity contribution >= 4 is 35.8 Å². The number of nitrogens with zero attached hydrogens (tertiary/aromatic N) is 3. The molecule has 7 nitrogen and oxygen atoms in total. The molecule has 0 aliphatic carbocycles. The summed E-state index contributed by atoms with van der Waals surface area (Å²) in [4.78, 5) is 20.7. The third-order valence-corrected chi connectivity index (χ3v) is 6.39. The van der Waals surface area contributed by atoms with E-state index in [-0.39, 0.29) is 29.9 Å². The molecule has 0 bridgehead atoms. The van der Waals surface area contributed by atoms with Crippen LogP contribution < -0.4 is 16.4 Å². The molecule has 0 radical (unpaired) electrons. The average molecular weight is 557 g/mol. The number of benzene rings is 1. The number of primary amides is 1. The highest BCUT2D eigenvalue weighted by Crippen LogP contribution is 2.19. The first-order chi connectivity index (χ1) is 15.0. The number of halogens is 1. The summed E-state index contributed by atoms with van der Waals surface area (Å²) in [6, 6.07) is 9.30. The average Bonchev–Trinajstić information content (AvgIpc) is 2.76. The van der Waals surface area contributed by atoms with Crippen LogP contribution in [-0.4, -0.2) is 73.5 Å². The van der Waals surface area contributed by atoms with Gasteiger partial charge < -0.3 is 16.4 Å². The van der Waals surface area contributed by atoms with Crippen LogP contribution in [0.2, 0.25) is 0 Å². The number of piperidine rings is 2. The summed E-state index contributed by atoms with van der Waals surface area (Å²) in [6.07, 6.45) is 4.44. The summed E-state index contributed by atoms with van der Waals surface area (Å²) < 4.78 is 0. The lowest BCUT2D eigenvalue weighted by Gasteiger charge is -2.33. The number of carbonyl (C=O) groups excluding carboxylic acids is 1. The van der Waals surface area contributed by atoms with Crippen LogP contribution in [0, 0.1) is 12.8 Å². The highest BCUT2D eigenvalue weighted by atomic mass is 127. The highest BCUT2D eigenvalue weighted by molar-refractivity contribution is 14.0. The number of carbonyl (C=O) groups is 1. The highest BCUT2D eigenvalue weighted by Gasteiger charge is 2.22. The van der Waals surface area contributed by atoms with Crippen LogP contribution in [0.1, 0.15) is 43.7 Å². The fourth-order valence-corrected chi connectivity index (χ4v) is 4.47. The monoisotopic (exact) mass is 556 g/mol. The normalized spacial score (nSPS) is 19.4. The quantitative estimate of drug-likeness (QED) is 0.260. The standard InChI is InChI=1S/C24H40N6O.HI/c1-3-26-24(28-22-10-14-30(15-11-22)18-23(25)31)27-16-20-8-12-29(13-9-20)17-21-6-4-19(2)5-7-21;/h4-7,20,22H,3,8-18H2,1-2H3,(H2,25,31)(H2,26,27,28);1H. The number of likely N-dealkylation sites (tertiary alicyclic amines) is 2. The summed E-state index contributed by atoms with van der Waals surface area (Å²) in [6.45, 7) is 11.5. The predicted molar refractivity (Wildman–Crippen MR) is 142 cm³/mol. The molecule has 2 aliphatic rings.